The number of nitrogens with one attached hydrogen (secondary N) is 1. The molecule has 2 aromatic rings. The van der Waals surface area contributed by atoms with Crippen LogP contribution >= 0.6 is 0 Å². The normalized spacial score (nSPS) is 11.0. The molecule has 9 nitrogen and oxygen atoms in total. The standard InChI is InChI=1S/C13H10N2O7S/c16-12-6-5-10(7-11(12)13(17)18)23(21,22)14-8-1-3-9(4-2-8)15(19)20/h1-7,14,16H,(H,17,18)/p-1. The topological polar surface area (TPSA) is 150 Å². The maximum absolute atomic E-state index is 12.2. The minimum atomic E-state index is -4.14. The predicted octanol–water partition coefficient (Wildman–Crippen LogP) is 1.17. The first-order chi connectivity index (χ1) is 10.7. The largest absolute Gasteiger partial charge is 0.872 e. The summed E-state index contributed by atoms with van der Waals surface area (Å²) in [6, 6.07) is 7.17. The highest BCUT2D eigenvalue weighted by Crippen LogP contribution is 2.22. The second-order valence-electron chi connectivity index (χ2n) is 4.37. The monoisotopic (exact) mass is 337 g/mol. The number of rotatable bonds is 5. The zero-order valence-electron chi connectivity index (χ0n) is 11.3. The Morgan fingerprint density at radius 1 is 1.13 bits per heavy atom. The lowest BCUT2D eigenvalue weighted by atomic mass is 10.2. The summed E-state index contributed by atoms with van der Waals surface area (Å²) >= 11 is 0. The van der Waals surface area contributed by atoms with Gasteiger partial charge < -0.3 is 10.2 Å². The first-order valence-electron chi connectivity index (χ1n) is 6.02. The minimum Gasteiger partial charge on any atom is -0.872 e. The fraction of sp³-hybridized carbons (Fsp3) is 0. The van der Waals surface area contributed by atoms with Gasteiger partial charge in [-0.1, -0.05) is 11.8 Å². The van der Waals surface area contributed by atoms with Crippen LogP contribution in [0.5, 0.6) is 5.75 Å². The van der Waals surface area contributed by atoms with Crippen LogP contribution in [-0.4, -0.2) is 24.4 Å². The van der Waals surface area contributed by atoms with Gasteiger partial charge in [-0.2, -0.15) is 0 Å². The molecule has 0 unspecified atom stereocenters. The van der Waals surface area contributed by atoms with Crippen molar-refractivity contribution in [1.29, 1.82) is 0 Å². The van der Waals surface area contributed by atoms with E-state index in [9.17, 15) is 28.4 Å². The van der Waals surface area contributed by atoms with Crippen LogP contribution in [0.1, 0.15) is 10.4 Å². The molecule has 0 aliphatic heterocycles. The van der Waals surface area contributed by atoms with Crippen molar-refractivity contribution in [3.8, 4) is 5.75 Å². The van der Waals surface area contributed by atoms with Crippen molar-refractivity contribution in [2.24, 2.45) is 0 Å². The number of benzene rings is 2. The van der Waals surface area contributed by atoms with Gasteiger partial charge in [-0.3, -0.25) is 14.8 Å². The summed E-state index contributed by atoms with van der Waals surface area (Å²) in [7, 11) is -4.14. The third kappa shape index (κ3) is 3.55. The van der Waals surface area contributed by atoms with Crippen molar-refractivity contribution in [3.05, 3.63) is 58.1 Å². The van der Waals surface area contributed by atoms with E-state index in [2.05, 4.69) is 4.72 Å². The van der Waals surface area contributed by atoms with E-state index >= 15 is 0 Å². The minimum absolute atomic E-state index is 0.0543. The number of carboxylic acid groups (broad SMARTS) is 1. The second-order valence-corrected chi connectivity index (χ2v) is 6.06. The van der Waals surface area contributed by atoms with Crippen molar-refractivity contribution < 1.29 is 28.3 Å². The Balaban J connectivity index is 2.33. The number of non-ortho nitro benzene ring substituents is 1. The fourth-order valence-electron chi connectivity index (χ4n) is 1.71. The zero-order valence-corrected chi connectivity index (χ0v) is 12.1. The number of hydrogen-bond donors (Lipinski definition) is 2. The van der Waals surface area contributed by atoms with E-state index in [1.165, 1.54) is 12.1 Å². The molecule has 0 saturated heterocycles. The van der Waals surface area contributed by atoms with E-state index in [1.807, 2.05) is 0 Å². The van der Waals surface area contributed by atoms with Crippen LogP contribution in [-0.2, 0) is 10.0 Å². The Labute approximate surface area is 130 Å². The Morgan fingerprint density at radius 3 is 2.26 bits per heavy atom. The number of aromatic carboxylic acids is 1. The number of anilines is 1. The van der Waals surface area contributed by atoms with Crippen LogP contribution in [0.2, 0.25) is 0 Å². The van der Waals surface area contributed by atoms with Gasteiger partial charge >= 0.3 is 5.97 Å². The van der Waals surface area contributed by atoms with Gasteiger partial charge in [-0.15, -0.1) is 0 Å². The summed E-state index contributed by atoms with van der Waals surface area (Å²) in [5, 5.41) is 30.7. The quantitative estimate of drug-likeness (QED) is 0.614. The molecule has 0 aromatic heterocycles. The molecule has 0 atom stereocenters. The van der Waals surface area contributed by atoms with Crippen LogP contribution in [0.4, 0.5) is 11.4 Å². The SMILES string of the molecule is O=C(O)c1cc(S(=O)(=O)Nc2ccc([N+](=O)[O-])cc2)ccc1[O-]. The van der Waals surface area contributed by atoms with Gasteiger partial charge in [0.1, 0.15) is 0 Å². The van der Waals surface area contributed by atoms with Crippen molar-refractivity contribution in [2.75, 3.05) is 4.72 Å². The lowest BCUT2D eigenvalue weighted by Gasteiger charge is -2.13. The highest BCUT2D eigenvalue weighted by atomic mass is 32.2. The fourth-order valence-corrected chi connectivity index (χ4v) is 2.79. The molecular formula is C13H9N2O7S-. The molecule has 0 fully saturated rings. The van der Waals surface area contributed by atoms with Gasteiger partial charge in [0, 0.05) is 17.8 Å². The third-order valence-electron chi connectivity index (χ3n) is 2.82. The number of hydrogen-bond acceptors (Lipinski definition) is 6. The van der Waals surface area contributed by atoms with Crippen molar-refractivity contribution in [2.45, 2.75) is 4.90 Å². The average Bonchev–Trinajstić information content (AvgIpc) is 2.47. The summed E-state index contributed by atoms with van der Waals surface area (Å²) in [6.07, 6.45) is 0. The Hall–Kier alpha value is -3.14. The average molecular weight is 337 g/mol. The smallest absolute Gasteiger partial charge is 0.335 e. The molecule has 23 heavy (non-hydrogen) atoms. The van der Waals surface area contributed by atoms with Crippen LogP contribution in [0.3, 0.4) is 0 Å². The highest BCUT2D eigenvalue weighted by Gasteiger charge is 2.17. The van der Waals surface area contributed by atoms with Crippen molar-refractivity contribution in [3.63, 3.8) is 0 Å². The Bertz CT molecular complexity index is 876. The van der Waals surface area contributed by atoms with E-state index in [4.69, 9.17) is 5.11 Å². The Morgan fingerprint density at radius 2 is 1.74 bits per heavy atom. The van der Waals surface area contributed by atoms with Gasteiger partial charge in [0.25, 0.3) is 15.7 Å². The molecule has 2 N–H and O–H groups in total. The first-order valence-corrected chi connectivity index (χ1v) is 7.50. The van der Waals surface area contributed by atoms with Crippen molar-refractivity contribution >= 4 is 27.4 Å². The van der Waals surface area contributed by atoms with E-state index in [0.717, 1.165) is 30.3 Å². The second kappa shape index (κ2) is 5.93. The molecule has 0 amide bonds. The van der Waals surface area contributed by atoms with E-state index in [1.54, 1.807) is 0 Å². The number of nitro benzene ring substituents is 1. The number of carbonyl (C=O) groups is 1. The summed E-state index contributed by atoms with van der Waals surface area (Å²) in [5.74, 6) is -2.35. The summed E-state index contributed by atoms with van der Waals surface area (Å²) < 4.78 is 26.5. The number of carboxylic acids is 1. The van der Waals surface area contributed by atoms with Crippen molar-refractivity contribution in [1.82, 2.24) is 0 Å². The molecule has 0 saturated carbocycles. The number of nitro groups is 1. The maximum Gasteiger partial charge on any atom is 0.335 e. The van der Waals surface area contributed by atoms with Crippen LogP contribution < -0.4 is 9.83 Å². The molecule has 0 bridgehead atoms. The van der Waals surface area contributed by atoms with Gasteiger partial charge in [0.15, 0.2) is 0 Å². The van der Waals surface area contributed by atoms with E-state index < -0.39 is 37.1 Å². The number of nitrogens with zero attached hydrogens (tertiary/aromatic N) is 1. The third-order valence-corrected chi connectivity index (χ3v) is 4.20. The lowest BCUT2D eigenvalue weighted by molar-refractivity contribution is -0.384. The zero-order chi connectivity index (χ0) is 17.2. The molecule has 2 rings (SSSR count). The van der Waals surface area contributed by atoms with E-state index in [-0.39, 0.29) is 11.4 Å². The molecule has 10 heteroatoms. The van der Waals surface area contributed by atoms with Gasteiger partial charge in [0.2, 0.25) is 0 Å². The summed E-state index contributed by atoms with van der Waals surface area (Å²) in [5.41, 5.74) is -0.827. The first kappa shape index (κ1) is 16.2. The molecule has 0 radical (unpaired) electrons. The van der Waals surface area contributed by atoms with Crippen LogP contribution in [0.15, 0.2) is 47.4 Å². The maximum atomic E-state index is 12.2. The molecule has 120 valence electrons. The summed E-state index contributed by atoms with van der Waals surface area (Å²) in [6.45, 7) is 0. The molecule has 0 aliphatic carbocycles. The lowest BCUT2D eigenvalue weighted by Crippen LogP contribution is -2.14. The predicted molar refractivity (Wildman–Crippen MR) is 76.8 cm³/mol. The molecule has 0 aliphatic rings. The van der Waals surface area contributed by atoms with E-state index in [0.29, 0.717) is 0 Å². The molecular weight excluding hydrogens is 328 g/mol. The molecule has 0 spiro atoms. The van der Waals surface area contributed by atoms with Crippen LogP contribution in [0, 0.1) is 10.1 Å². The molecule has 2 aromatic carbocycles. The van der Waals surface area contributed by atoms with Crippen LogP contribution in [0.25, 0.3) is 0 Å². The van der Waals surface area contributed by atoms with Gasteiger partial charge in [-0.05, 0) is 24.3 Å². The Kier molecular flexibility index (Phi) is 4.18. The van der Waals surface area contributed by atoms with Gasteiger partial charge in [0.05, 0.1) is 15.4 Å². The molecule has 0 heterocycles. The number of sulfonamides is 1. The summed E-state index contributed by atoms with van der Waals surface area (Å²) in [4.78, 5) is 20.4. The highest BCUT2D eigenvalue weighted by molar-refractivity contribution is 7.92. The van der Waals surface area contributed by atoms with Gasteiger partial charge in [-0.25, -0.2) is 13.2 Å².